The Morgan fingerprint density at radius 2 is 2.89 bits per heavy atom. The summed E-state index contributed by atoms with van der Waals surface area (Å²) in [7, 11) is 0. The van der Waals surface area contributed by atoms with E-state index in [0.717, 1.165) is 18.8 Å². The monoisotopic (exact) mass is 123 g/mol. The van der Waals surface area contributed by atoms with Crippen molar-refractivity contribution in [3.63, 3.8) is 0 Å². The summed E-state index contributed by atoms with van der Waals surface area (Å²) in [5.41, 5.74) is 0. The Morgan fingerprint density at radius 3 is 3.67 bits per heavy atom. The zero-order chi connectivity index (χ0) is 7.14. The van der Waals surface area contributed by atoms with Gasteiger partial charge in [0.15, 0.2) is 0 Å². The molecule has 0 saturated carbocycles. The van der Waals surface area contributed by atoms with Crippen LogP contribution in [-0.4, -0.2) is 9.55 Å². The summed E-state index contributed by atoms with van der Waals surface area (Å²) in [4.78, 5) is 4.07. The predicted octanol–water partition coefficient (Wildman–Crippen LogP) is 1.08. The van der Waals surface area contributed by atoms with Crippen LogP contribution in [0.2, 0.25) is 0 Å². The molecule has 0 saturated heterocycles. The van der Waals surface area contributed by atoms with Gasteiger partial charge in [0.2, 0.25) is 0 Å². The number of fused-ring (bicyclic) bond motifs is 1. The number of nitrogens with zero attached hydrogens (tertiary/aromatic N) is 2. The van der Waals surface area contributed by atoms with Crippen molar-refractivity contribution in [2.75, 3.05) is 0 Å². The smallest absolute Gasteiger partial charge is 0.108 e. The molecule has 2 nitrogen and oxygen atoms in total. The van der Waals surface area contributed by atoms with Crippen molar-refractivity contribution < 1.29 is 1.37 Å². The van der Waals surface area contributed by atoms with Crippen molar-refractivity contribution in [3.05, 3.63) is 18.2 Å². The lowest BCUT2D eigenvalue weighted by Gasteiger charge is -1.95. The summed E-state index contributed by atoms with van der Waals surface area (Å²) in [6.07, 6.45) is 3.25. The van der Waals surface area contributed by atoms with Gasteiger partial charge in [-0.15, -0.1) is 0 Å². The first-order chi connectivity index (χ1) is 4.75. The van der Waals surface area contributed by atoms with Crippen molar-refractivity contribution in [1.82, 2.24) is 9.55 Å². The van der Waals surface area contributed by atoms with Crippen molar-refractivity contribution in [2.45, 2.75) is 19.9 Å². The van der Waals surface area contributed by atoms with Crippen LogP contribution >= 0.6 is 0 Å². The van der Waals surface area contributed by atoms with Crippen LogP contribution in [0.1, 0.15) is 14.1 Å². The van der Waals surface area contributed by atoms with Crippen LogP contribution in [0.4, 0.5) is 0 Å². The Labute approximate surface area is 55.9 Å². The van der Waals surface area contributed by atoms with E-state index in [1.165, 1.54) is 0 Å². The summed E-state index contributed by atoms with van der Waals surface area (Å²) >= 11 is 0. The average Bonchev–Trinajstić information content (AvgIpc) is 2.21. The first-order valence-electron chi connectivity index (χ1n) is 3.78. The molecule has 2 heterocycles. The van der Waals surface area contributed by atoms with Crippen molar-refractivity contribution in [2.24, 2.45) is 5.92 Å². The highest BCUT2D eigenvalue weighted by Gasteiger charge is 2.16. The van der Waals surface area contributed by atoms with Gasteiger partial charge in [-0.25, -0.2) is 4.98 Å². The molecule has 0 fully saturated rings. The molecule has 0 aromatic carbocycles. The van der Waals surface area contributed by atoms with E-state index < -0.39 is 0 Å². The molecule has 0 amide bonds. The second-order valence-corrected chi connectivity index (χ2v) is 2.75. The molecule has 1 aromatic heterocycles. The summed E-state index contributed by atoms with van der Waals surface area (Å²) < 4.78 is 9.30. The lowest BCUT2D eigenvalue weighted by atomic mass is 10.1. The fraction of sp³-hybridized carbons (Fsp3) is 0.571. The molecule has 1 atom stereocenters. The zero-order valence-electron chi connectivity index (χ0n) is 6.46. The molecule has 2 heteroatoms. The van der Waals surface area contributed by atoms with Gasteiger partial charge in [0.25, 0.3) is 0 Å². The van der Waals surface area contributed by atoms with E-state index in [0.29, 0.717) is 12.1 Å². The molecule has 48 valence electrons. The predicted molar refractivity (Wildman–Crippen MR) is 35.1 cm³/mol. The maximum Gasteiger partial charge on any atom is 0.108 e. The third-order valence-corrected chi connectivity index (χ3v) is 1.78. The number of imidazole rings is 1. The van der Waals surface area contributed by atoms with Gasteiger partial charge in [-0.2, -0.15) is 0 Å². The normalized spacial score (nSPS) is 25.9. The summed E-state index contributed by atoms with van der Waals surface area (Å²) in [6, 6.07) is 0. The van der Waals surface area contributed by atoms with Crippen molar-refractivity contribution >= 4 is 0 Å². The number of hydrogen-bond acceptors (Lipinski definition) is 1. The Morgan fingerprint density at radius 1 is 2.00 bits per heavy atom. The largest absolute Gasteiger partial charge is 0.335 e. The van der Waals surface area contributed by atoms with Gasteiger partial charge < -0.3 is 4.57 Å². The Kier molecular flexibility index (Phi) is 0.725. The molecule has 1 unspecified atom stereocenters. The lowest BCUT2D eigenvalue weighted by Crippen LogP contribution is -1.94. The molecule has 0 N–H and O–H groups in total. The highest BCUT2D eigenvalue weighted by Crippen LogP contribution is 2.16. The topological polar surface area (TPSA) is 17.8 Å². The molecular formula is C7H10N2. The first-order valence-corrected chi connectivity index (χ1v) is 3.28. The average molecular weight is 123 g/mol. The minimum Gasteiger partial charge on any atom is -0.335 e. The maximum atomic E-state index is 7.23. The fourth-order valence-electron chi connectivity index (χ4n) is 1.34. The lowest BCUT2D eigenvalue weighted by molar-refractivity contribution is 0.563. The van der Waals surface area contributed by atoms with Gasteiger partial charge in [-0.3, -0.25) is 0 Å². The molecular weight excluding hydrogens is 112 g/mol. The molecule has 1 aliphatic rings. The van der Waals surface area contributed by atoms with Crippen LogP contribution in [0.5, 0.6) is 0 Å². The molecule has 0 spiro atoms. The quantitative estimate of drug-likeness (QED) is 0.504. The van der Waals surface area contributed by atoms with Crippen LogP contribution in [-0.2, 0) is 13.0 Å². The van der Waals surface area contributed by atoms with Gasteiger partial charge in [0.05, 0.1) is 1.37 Å². The van der Waals surface area contributed by atoms with Crippen molar-refractivity contribution in [3.8, 4) is 0 Å². The van der Waals surface area contributed by atoms with Gasteiger partial charge in [0.1, 0.15) is 5.82 Å². The molecule has 0 bridgehead atoms. The SMILES string of the molecule is [2H]c1cn2c(n1)CC(C)C2. The van der Waals surface area contributed by atoms with E-state index in [-0.39, 0.29) is 0 Å². The first kappa shape index (κ1) is 4.09. The van der Waals surface area contributed by atoms with Crippen LogP contribution in [0, 0.1) is 5.92 Å². The minimum absolute atomic E-state index is 0.405. The molecule has 0 radical (unpaired) electrons. The third kappa shape index (κ3) is 0.661. The van der Waals surface area contributed by atoms with E-state index in [4.69, 9.17) is 1.37 Å². The molecule has 2 rings (SSSR count). The Balaban J connectivity index is 2.39. The molecule has 1 aromatic rings. The van der Waals surface area contributed by atoms with Crippen LogP contribution in [0.25, 0.3) is 0 Å². The van der Waals surface area contributed by atoms with E-state index in [1.807, 2.05) is 0 Å². The number of rotatable bonds is 0. The third-order valence-electron chi connectivity index (χ3n) is 1.78. The van der Waals surface area contributed by atoms with Crippen LogP contribution < -0.4 is 0 Å². The summed E-state index contributed by atoms with van der Waals surface area (Å²) in [5.74, 6) is 1.79. The van der Waals surface area contributed by atoms with Gasteiger partial charge in [0, 0.05) is 25.3 Å². The number of hydrogen-bond donors (Lipinski definition) is 0. The highest BCUT2D eigenvalue weighted by molar-refractivity contribution is 4.98. The van der Waals surface area contributed by atoms with Crippen LogP contribution in [0.3, 0.4) is 0 Å². The van der Waals surface area contributed by atoms with Gasteiger partial charge in [-0.05, 0) is 5.92 Å². The van der Waals surface area contributed by atoms with E-state index in [2.05, 4.69) is 16.5 Å². The van der Waals surface area contributed by atoms with Gasteiger partial charge >= 0.3 is 0 Å². The minimum atomic E-state index is 0.405. The molecule has 1 aliphatic heterocycles. The van der Waals surface area contributed by atoms with Crippen LogP contribution in [0.15, 0.2) is 12.4 Å². The van der Waals surface area contributed by atoms with Crippen molar-refractivity contribution in [1.29, 1.82) is 0 Å². The van der Waals surface area contributed by atoms with Gasteiger partial charge in [-0.1, -0.05) is 6.92 Å². The van der Waals surface area contributed by atoms with E-state index >= 15 is 0 Å². The standard InChI is InChI=1S/C7H10N2/c1-6-4-7-8-2-3-9(7)5-6/h2-3,6H,4-5H2,1H3/i2D. The molecule has 0 aliphatic carbocycles. The zero-order valence-corrected chi connectivity index (χ0v) is 5.46. The molecule has 9 heavy (non-hydrogen) atoms. The number of aromatic nitrogens is 2. The fourth-order valence-corrected chi connectivity index (χ4v) is 1.34. The second kappa shape index (κ2) is 1.59. The second-order valence-electron chi connectivity index (χ2n) is 2.75. The van der Waals surface area contributed by atoms with E-state index in [9.17, 15) is 0 Å². The summed E-state index contributed by atoms with van der Waals surface area (Å²) in [6.45, 7) is 3.25. The Bertz CT molecular complexity index is 231. The summed E-state index contributed by atoms with van der Waals surface area (Å²) in [5, 5.41) is 0. The Hall–Kier alpha value is -0.790. The van der Waals surface area contributed by atoms with E-state index in [1.54, 1.807) is 6.20 Å². The maximum absolute atomic E-state index is 7.23. The highest BCUT2D eigenvalue weighted by atomic mass is 15.1.